The van der Waals surface area contributed by atoms with Crippen LogP contribution in [0.3, 0.4) is 0 Å². The van der Waals surface area contributed by atoms with Gasteiger partial charge in [-0.3, -0.25) is 0 Å². The first kappa shape index (κ1) is 12.2. The minimum absolute atomic E-state index is 0.109. The number of rotatable bonds is 2. The number of benzene rings is 1. The summed E-state index contributed by atoms with van der Waals surface area (Å²) < 4.78 is 14.5. The van der Waals surface area contributed by atoms with E-state index in [0.717, 1.165) is 49.9 Å². The van der Waals surface area contributed by atoms with Crippen LogP contribution >= 0.6 is 0 Å². The van der Waals surface area contributed by atoms with Crippen molar-refractivity contribution in [2.24, 2.45) is 5.92 Å². The zero-order valence-corrected chi connectivity index (χ0v) is 11.0. The molecule has 1 nitrogen and oxygen atoms in total. The molecule has 1 aliphatic carbocycles. The molecule has 1 aliphatic heterocycles. The summed E-state index contributed by atoms with van der Waals surface area (Å²) in [5.74, 6) is 0.729. The van der Waals surface area contributed by atoms with E-state index >= 15 is 0 Å². The van der Waals surface area contributed by atoms with E-state index < -0.39 is 0 Å². The topological polar surface area (TPSA) is 12.0 Å². The van der Waals surface area contributed by atoms with Crippen LogP contribution in [0.25, 0.3) is 0 Å². The maximum absolute atomic E-state index is 14.5. The van der Waals surface area contributed by atoms with Crippen LogP contribution < -0.4 is 5.32 Å². The molecule has 1 N–H and O–H groups in total. The van der Waals surface area contributed by atoms with Gasteiger partial charge in [0.05, 0.1) is 0 Å². The summed E-state index contributed by atoms with van der Waals surface area (Å²) in [4.78, 5) is 0. The van der Waals surface area contributed by atoms with Crippen LogP contribution in [0.1, 0.15) is 42.4 Å². The van der Waals surface area contributed by atoms with Crippen molar-refractivity contribution in [3.8, 4) is 0 Å². The highest BCUT2D eigenvalue weighted by atomic mass is 19.1. The Kier molecular flexibility index (Phi) is 3.64. The van der Waals surface area contributed by atoms with Gasteiger partial charge in [0.1, 0.15) is 5.82 Å². The lowest BCUT2D eigenvalue weighted by Gasteiger charge is -2.24. The Bertz CT molecular complexity index is 421. The number of halogens is 1. The van der Waals surface area contributed by atoms with Crippen molar-refractivity contribution >= 4 is 0 Å². The summed E-state index contributed by atoms with van der Waals surface area (Å²) in [6, 6.07) is 4.21. The molecular weight excluding hydrogens is 225 g/mol. The average Bonchev–Trinajstić information content (AvgIpc) is 2.43. The van der Waals surface area contributed by atoms with E-state index in [1.54, 1.807) is 0 Å². The average molecular weight is 247 g/mol. The molecule has 3 rings (SSSR count). The van der Waals surface area contributed by atoms with Crippen LogP contribution in [-0.4, -0.2) is 13.1 Å². The lowest BCUT2D eigenvalue weighted by molar-refractivity contribution is 0.371. The van der Waals surface area contributed by atoms with Gasteiger partial charge in [0, 0.05) is 0 Å². The van der Waals surface area contributed by atoms with Crippen molar-refractivity contribution in [1.82, 2.24) is 5.32 Å². The highest BCUT2D eigenvalue weighted by Gasteiger charge is 2.20. The quantitative estimate of drug-likeness (QED) is 0.846. The molecule has 1 fully saturated rings. The molecule has 2 aliphatic rings. The maximum atomic E-state index is 14.5. The molecule has 1 heterocycles. The van der Waals surface area contributed by atoms with Gasteiger partial charge in [-0.05, 0) is 80.6 Å². The number of hydrogen-bond donors (Lipinski definition) is 1. The molecule has 0 amide bonds. The predicted octanol–water partition coefficient (Wildman–Crippen LogP) is 3.25. The number of hydrogen-bond acceptors (Lipinski definition) is 1. The van der Waals surface area contributed by atoms with Gasteiger partial charge < -0.3 is 5.32 Å². The predicted molar refractivity (Wildman–Crippen MR) is 72.3 cm³/mol. The Balaban J connectivity index is 1.79. The molecular formula is C16H22FN. The van der Waals surface area contributed by atoms with Crippen LogP contribution in [0.4, 0.5) is 4.39 Å². The highest BCUT2D eigenvalue weighted by Crippen LogP contribution is 2.28. The SMILES string of the molecule is Fc1c(CC2CCCNC2)ccc2c1CCCC2. The Labute approximate surface area is 109 Å². The number of fused-ring (bicyclic) bond motifs is 1. The van der Waals surface area contributed by atoms with Crippen molar-refractivity contribution in [3.05, 3.63) is 34.6 Å². The van der Waals surface area contributed by atoms with Gasteiger partial charge >= 0.3 is 0 Å². The van der Waals surface area contributed by atoms with Crippen LogP contribution in [0, 0.1) is 11.7 Å². The normalized spacial score (nSPS) is 23.7. The van der Waals surface area contributed by atoms with Crippen molar-refractivity contribution in [2.45, 2.75) is 44.9 Å². The third kappa shape index (κ3) is 2.44. The van der Waals surface area contributed by atoms with E-state index in [9.17, 15) is 4.39 Å². The largest absolute Gasteiger partial charge is 0.316 e. The molecule has 1 aromatic rings. The van der Waals surface area contributed by atoms with Gasteiger partial charge in [-0.15, -0.1) is 0 Å². The molecule has 98 valence electrons. The minimum Gasteiger partial charge on any atom is -0.316 e. The van der Waals surface area contributed by atoms with E-state index in [2.05, 4.69) is 11.4 Å². The maximum Gasteiger partial charge on any atom is 0.129 e. The number of nitrogens with one attached hydrogen (secondary N) is 1. The zero-order valence-electron chi connectivity index (χ0n) is 11.0. The number of piperidine rings is 1. The first-order valence-electron chi connectivity index (χ1n) is 7.34. The summed E-state index contributed by atoms with van der Waals surface area (Å²) in [6.07, 6.45) is 7.76. The Morgan fingerprint density at radius 3 is 2.89 bits per heavy atom. The molecule has 1 aromatic carbocycles. The Morgan fingerprint density at radius 2 is 2.06 bits per heavy atom. The first-order valence-corrected chi connectivity index (χ1v) is 7.34. The molecule has 2 heteroatoms. The van der Waals surface area contributed by atoms with E-state index in [4.69, 9.17) is 0 Å². The van der Waals surface area contributed by atoms with Gasteiger partial charge in [-0.2, -0.15) is 0 Å². The minimum atomic E-state index is 0.109. The summed E-state index contributed by atoms with van der Waals surface area (Å²) in [6.45, 7) is 2.18. The molecule has 1 unspecified atom stereocenters. The van der Waals surface area contributed by atoms with Crippen LogP contribution in [0.2, 0.25) is 0 Å². The van der Waals surface area contributed by atoms with Gasteiger partial charge in [-0.25, -0.2) is 4.39 Å². The third-order valence-electron chi connectivity index (χ3n) is 4.45. The van der Waals surface area contributed by atoms with Gasteiger partial charge in [0.2, 0.25) is 0 Å². The lowest BCUT2D eigenvalue weighted by Crippen LogP contribution is -2.31. The third-order valence-corrected chi connectivity index (χ3v) is 4.45. The molecule has 18 heavy (non-hydrogen) atoms. The fraction of sp³-hybridized carbons (Fsp3) is 0.625. The molecule has 0 radical (unpaired) electrons. The molecule has 0 aromatic heterocycles. The van der Waals surface area contributed by atoms with Crippen LogP contribution in [0.5, 0.6) is 0 Å². The fourth-order valence-corrected chi connectivity index (χ4v) is 3.40. The van der Waals surface area contributed by atoms with E-state index in [1.165, 1.54) is 24.8 Å². The molecule has 0 saturated carbocycles. The van der Waals surface area contributed by atoms with Crippen molar-refractivity contribution < 1.29 is 4.39 Å². The Hall–Kier alpha value is -0.890. The second-order valence-corrected chi connectivity index (χ2v) is 5.80. The molecule has 1 atom stereocenters. The van der Waals surface area contributed by atoms with Gasteiger partial charge in [0.25, 0.3) is 0 Å². The van der Waals surface area contributed by atoms with E-state index in [1.807, 2.05) is 6.07 Å². The van der Waals surface area contributed by atoms with Crippen LogP contribution in [-0.2, 0) is 19.3 Å². The van der Waals surface area contributed by atoms with E-state index in [-0.39, 0.29) is 5.82 Å². The summed E-state index contributed by atoms with van der Waals surface area (Å²) in [5.41, 5.74) is 3.22. The molecule has 0 bridgehead atoms. The zero-order chi connectivity index (χ0) is 12.4. The fourth-order valence-electron chi connectivity index (χ4n) is 3.40. The number of aryl methyl sites for hydroxylation is 1. The van der Waals surface area contributed by atoms with E-state index in [0.29, 0.717) is 5.92 Å². The monoisotopic (exact) mass is 247 g/mol. The smallest absolute Gasteiger partial charge is 0.129 e. The van der Waals surface area contributed by atoms with Gasteiger partial charge in [0.15, 0.2) is 0 Å². The summed E-state index contributed by atoms with van der Waals surface area (Å²) in [7, 11) is 0. The second-order valence-electron chi connectivity index (χ2n) is 5.80. The van der Waals surface area contributed by atoms with Crippen molar-refractivity contribution in [1.29, 1.82) is 0 Å². The van der Waals surface area contributed by atoms with Crippen molar-refractivity contribution in [2.75, 3.05) is 13.1 Å². The van der Waals surface area contributed by atoms with Crippen molar-refractivity contribution in [3.63, 3.8) is 0 Å². The summed E-state index contributed by atoms with van der Waals surface area (Å²) >= 11 is 0. The lowest BCUT2D eigenvalue weighted by atomic mass is 9.86. The molecule has 1 saturated heterocycles. The first-order chi connectivity index (χ1) is 8.84. The standard InChI is InChI=1S/C16H22FN/c17-16-14(10-12-4-3-9-18-11-12)8-7-13-5-1-2-6-15(13)16/h7-8,12,18H,1-6,9-11H2. The molecule has 0 spiro atoms. The summed E-state index contributed by atoms with van der Waals surface area (Å²) in [5, 5.41) is 3.41. The van der Waals surface area contributed by atoms with Gasteiger partial charge in [-0.1, -0.05) is 12.1 Å². The van der Waals surface area contributed by atoms with Crippen LogP contribution in [0.15, 0.2) is 12.1 Å². The second kappa shape index (κ2) is 5.40. The highest BCUT2D eigenvalue weighted by molar-refractivity contribution is 5.35. The Morgan fingerprint density at radius 1 is 1.17 bits per heavy atom.